The minimum atomic E-state index is -0.950. The van der Waals surface area contributed by atoms with E-state index >= 15 is 0 Å². The Bertz CT molecular complexity index is 349. The number of hydrogen-bond acceptors (Lipinski definition) is 3. The highest BCUT2D eigenvalue weighted by Crippen LogP contribution is 2.27. The minimum absolute atomic E-state index is 0.273. The molecule has 1 atom stereocenters. The molecule has 2 rings (SSSR count). The molecule has 12 heavy (non-hydrogen) atoms. The van der Waals surface area contributed by atoms with Crippen molar-refractivity contribution in [3.05, 3.63) is 29.3 Å². The average Bonchev–Trinajstić information content (AvgIpc) is 2.29. The summed E-state index contributed by atoms with van der Waals surface area (Å²) < 4.78 is 0. The van der Waals surface area contributed by atoms with Crippen molar-refractivity contribution in [3.63, 3.8) is 0 Å². The number of fused-ring (bicyclic) bond motifs is 1. The molecule has 0 saturated heterocycles. The fraction of sp³-hybridized carbons (Fsp3) is 0.125. The molecule has 0 saturated carbocycles. The molecule has 1 aliphatic heterocycles. The van der Waals surface area contributed by atoms with E-state index in [0.717, 1.165) is 0 Å². The van der Waals surface area contributed by atoms with Gasteiger partial charge in [0.25, 0.3) is 5.91 Å². The molecule has 1 aromatic rings. The lowest BCUT2D eigenvalue weighted by Crippen LogP contribution is -2.18. The molecular formula is C8H8N2O2. The van der Waals surface area contributed by atoms with Crippen molar-refractivity contribution in [1.82, 2.24) is 5.32 Å². The third-order valence-electron chi connectivity index (χ3n) is 1.93. The van der Waals surface area contributed by atoms with E-state index in [-0.39, 0.29) is 5.91 Å². The number of carbonyl (C=O) groups excluding carboxylic acids is 1. The van der Waals surface area contributed by atoms with Gasteiger partial charge in [-0.15, -0.1) is 0 Å². The van der Waals surface area contributed by atoms with E-state index < -0.39 is 6.23 Å². The number of amides is 1. The van der Waals surface area contributed by atoms with Crippen LogP contribution < -0.4 is 11.1 Å². The molecule has 4 N–H and O–H groups in total. The Morgan fingerprint density at radius 3 is 2.92 bits per heavy atom. The second-order valence-corrected chi connectivity index (χ2v) is 2.68. The highest BCUT2D eigenvalue weighted by molar-refractivity contribution is 6.00. The number of nitrogens with one attached hydrogen (secondary N) is 1. The summed E-state index contributed by atoms with van der Waals surface area (Å²) in [6.07, 6.45) is -0.950. The third-order valence-corrected chi connectivity index (χ3v) is 1.93. The Labute approximate surface area is 69.0 Å². The van der Waals surface area contributed by atoms with Crippen LogP contribution in [0.4, 0.5) is 5.69 Å². The van der Waals surface area contributed by atoms with Gasteiger partial charge < -0.3 is 16.2 Å². The second kappa shape index (κ2) is 2.22. The Balaban J connectivity index is 2.67. The lowest BCUT2D eigenvalue weighted by atomic mass is 10.1. The summed E-state index contributed by atoms with van der Waals surface area (Å²) in [7, 11) is 0. The molecule has 4 heteroatoms. The van der Waals surface area contributed by atoms with Crippen LogP contribution in [0.1, 0.15) is 22.1 Å². The summed E-state index contributed by atoms with van der Waals surface area (Å²) in [4.78, 5) is 11.1. The van der Waals surface area contributed by atoms with E-state index in [1.807, 2.05) is 0 Å². The first-order chi connectivity index (χ1) is 5.70. The average molecular weight is 164 g/mol. The quantitative estimate of drug-likeness (QED) is 0.472. The normalized spacial score (nSPS) is 20.4. The van der Waals surface area contributed by atoms with Crippen molar-refractivity contribution >= 4 is 11.6 Å². The van der Waals surface area contributed by atoms with Crippen LogP contribution in [0.2, 0.25) is 0 Å². The van der Waals surface area contributed by atoms with Gasteiger partial charge in [0.15, 0.2) is 6.23 Å². The topological polar surface area (TPSA) is 75.3 Å². The van der Waals surface area contributed by atoms with Gasteiger partial charge >= 0.3 is 0 Å². The fourth-order valence-electron chi connectivity index (χ4n) is 1.36. The fourth-order valence-corrected chi connectivity index (χ4v) is 1.36. The zero-order chi connectivity index (χ0) is 8.72. The van der Waals surface area contributed by atoms with Crippen molar-refractivity contribution in [2.24, 2.45) is 0 Å². The van der Waals surface area contributed by atoms with E-state index in [9.17, 15) is 9.90 Å². The summed E-state index contributed by atoms with van der Waals surface area (Å²) >= 11 is 0. The molecule has 1 aliphatic rings. The third kappa shape index (κ3) is 0.785. The SMILES string of the molecule is Nc1cccc2c1C(O)NC2=O. The van der Waals surface area contributed by atoms with Crippen molar-refractivity contribution in [3.8, 4) is 0 Å². The van der Waals surface area contributed by atoms with E-state index in [1.54, 1.807) is 18.2 Å². The number of anilines is 1. The molecule has 1 aromatic carbocycles. The smallest absolute Gasteiger partial charge is 0.254 e. The molecule has 1 heterocycles. The Morgan fingerprint density at radius 1 is 1.50 bits per heavy atom. The van der Waals surface area contributed by atoms with Crippen LogP contribution in [0.3, 0.4) is 0 Å². The molecule has 1 amide bonds. The van der Waals surface area contributed by atoms with Crippen LogP contribution in [0, 0.1) is 0 Å². The van der Waals surface area contributed by atoms with Crippen LogP contribution >= 0.6 is 0 Å². The zero-order valence-corrected chi connectivity index (χ0v) is 6.24. The molecule has 0 spiro atoms. The summed E-state index contributed by atoms with van der Waals surface area (Å²) in [5.41, 5.74) is 6.96. The van der Waals surface area contributed by atoms with E-state index in [2.05, 4.69) is 5.32 Å². The maximum absolute atomic E-state index is 11.1. The summed E-state index contributed by atoms with van der Waals surface area (Å²) in [6.45, 7) is 0. The number of benzene rings is 1. The van der Waals surface area contributed by atoms with Gasteiger partial charge in [0.2, 0.25) is 0 Å². The predicted octanol–water partition coefficient (Wildman–Crippen LogP) is 0.00310. The van der Waals surface area contributed by atoms with Gasteiger partial charge in [-0.25, -0.2) is 0 Å². The number of nitrogen functional groups attached to an aromatic ring is 1. The van der Waals surface area contributed by atoms with E-state index in [4.69, 9.17) is 5.73 Å². The molecule has 0 aliphatic carbocycles. The highest BCUT2D eigenvalue weighted by atomic mass is 16.3. The highest BCUT2D eigenvalue weighted by Gasteiger charge is 2.28. The molecule has 1 unspecified atom stereocenters. The number of carbonyl (C=O) groups is 1. The zero-order valence-electron chi connectivity index (χ0n) is 6.24. The van der Waals surface area contributed by atoms with Gasteiger partial charge in [-0.05, 0) is 12.1 Å². The first-order valence-corrected chi connectivity index (χ1v) is 3.57. The summed E-state index contributed by atoms with van der Waals surface area (Å²) in [5.74, 6) is -0.273. The van der Waals surface area contributed by atoms with E-state index in [0.29, 0.717) is 16.8 Å². The van der Waals surface area contributed by atoms with Gasteiger partial charge in [0, 0.05) is 16.8 Å². The summed E-state index contributed by atoms with van der Waals surface area (Å²) in [5, 5.41) is 11.7. The van der Waals surface area contributed by atoms with Crippen molar-refractivity contribution in [2.75, 3.05) is 5.73 Å². The van der Waals surface area contributed by atoms with Gasteiger partial charge in [-0.2, -0.15) is 0 Å². The Hall–Kier alpha value is -1.55. The number of rotatable bonds is 0. The minimum Gasteiger partial charge on any atom is -0.398 e. The molecule has 0 fully saturated rings. The largest absolute Gasteiger partial charge is 0.398 e. The standard InChI is InChI=1S/C8H8N2O2/c9-5-3-1-2-4-6(5)8(12)10-7(4)11/h1-3,8,12H,9H2,(H,10,11). The maximum atomic E-state index is 11.1. The molecule has 62 valence electrons. The number of aliphatic hydroxyl groups excluding tert-OH is 1. The van der Waals surface area contributed by atoms with Crippen molar-refractivity contribution in [2.45, 2.75) is 6.23 Å². The van der Waals surface area contributed by atoms with Crippen LogP contribution in [-0.4, -0.2) is 11.0 Å². The molecule has 0 bridgehead atoms. The van der Waals surface area contributed by atoms with Crippen LogP contribution in [0.5, 0.6) is 0 Å². The summed E-state index contributed by atoms with van der Waals surface area (Å²) in [6, 6.07) is 4.98. The molecule has 0 aromatic heterocycles. The second-order valence-electron chi connectivity index (χ2n) is 2.68. The van der Waals surface area contributed by atoms with Gasteiger partial charge in [0.1, 0.15) is 0 Å². The number of aliphatic hydroxyl groups is 1. The number of nitrogens with two attached hydrogens (primary N) is 1. The first-order valence-electron chi connectivity index (χ1n) is 3.57. The lowest BCUT2D eigenvalue weighted by Gasteiger charge is -2.04. The maximum Gasteiger partial charge on any atom is 0.254 e. The van der Waals surface area contributed by atoms with Crippen LogP contribution in [0.25, 0.3) is 0 Å². The lowest BCUT2D eigenvalue weighted by molar-refractivity contribution is 0.0851. The first kappa shape index (κ1) is 7.12. The molecular weight excluding hydrogens is 156 g/mol. The van der Waals surface area contributed by atoms with Crippen molar-refractivity contribution in [1.29, 1.82) is 0 Å². The predicted molar refractivity (Wildman–Crippen MR) is 43.3 cm³/mol. The van der Waals surface area contributed by atoms with Crippen molar-refractivity contribution < 1.29 is 9.90 Å². The van der Waals surface area contributed by atoms with Gasteiger partial charge in [-0.1, -0.05) is 6.07 Å². The number of hydrogen-bond donors (Lipinski definition) is 3. The van der Waals surface area contributed by atoms with Gasteiger partial charge in [-0.3, -0.25) is 4.79 Å². The monoisotopic (exact) mass is 164 g/mol. The molecule has 0 radical (unpaired) electrons. The Morgan fingerprint density at radius 2 is 2.25 bits per heavy atom. The molecule has 4 nitrogen and oxygen atoms in total. The van der Waals surface area contributed by atoms with Crippen LogP contribution in [-0.2, 0) is 0 Å². The van der Waals surface area contributed by atoms with E-state index in [1.165, 1.54) is 0 Å². The van der Waals surface area contributed by atoms with Crippen LogP contribution in [0.15, 0.2) is 18.2 Å². The van der Waals surface area contributed by atoms with Gasteiger partial charge in [0.05, 0.1) is 0 Å². The Kier molecular flexibility index (Phi) is 1.31.